The lowest BCUT2D eigenvalue weighted by molar-refractivity contribution is -0.119. The highest BCUT2D eigenvalue weighted by Gasteiger charge is 2.29. The molecule has 1 N–H and O–H groups in total. The maximum Gasteiger partial charge on any atom is 0.264 e. The fraction of sp³-hybridized carbons (Fsp3) is 0.111. The second-order valence-corrected chi connectivity index (χ2v) is 10.5. The van der Waals surface area contributed by atoms with E-state index in [1.165, 1.54) is 36.5 Å². The maximum absolute atomic E-state index is 14.6. The lowest BCUT2D eigenvalue weighted by atomic mass is 10.2. The Kier molecular flexibility index (Phi) is 7.75. The number of hydrazone groups is 1. The molecule has 1 aromatic heterocycles. The van der Waals surface area contributed by atoms with Crippen molar-refractivity contribution >= 4 is 39.4 Å². The van der Waals surface area contributed by atoms with Gasteiger partial charge in [0.2, 0.25) is 0 Å². The van der Waals surface area contributed by atoms with Gasteiger partial charge in [0.15, 0.2) is 0 Å². The Morgan fingerprint density at radius 2 is 1.73 bits per heavy atom. The molecule has 0 aliphatic heterocycles. The standard InChI is InChI=1S/C27H24ClFN4O3S/c1-19-15-21(20(2)33(19)23-10-8-9-22(28)16-23)17-30-31-27(34)18-32(26-14-7-6-13-25(26)29)37(35,36)24-11-4-3-5-12-24/h3-17H,18H2,1-2H3,(H,31,34)/b30-17-. The van der Waals surface area contributed by atoms with E-state index in [9.17, 15) is 17.6 Å². The molecule has 0 fully saturated rings. The molecule has 37 heavy (non-hydrogen) atoms. The van der Waals surface area contributed by atoms with Crippen LogP contribution in [-0.2, 0) is 14.8 Å². The van der Waals surface area contributed by atoms with Crippen molar-refractivity contribution in [2.45, 2.75) is 18.7 Å². The Balaban J connectivity index is 1.56. The number of para-hydroxylation sites is 1. The minimum atomic E-state index is -4.23. The van der Waals surface area contributed by atoms with Crippen LogP contribution in [-0.4, -0.2) is 31.7 Å². The summed E-state index contributed by atoms with van der Waals surface area (Å²) in [6.45, 7) is 3.17. The van der Waals surface area contributed by atoms with E-state index in [0.29, 0.717) is 5.02 Å². The van der Waals surface area contributed by atoms with Crippen LogP contribution in [0, 0.1) is 19.7 Å². The summed E-state index contributed by atoms with van der Waals surface area (Å²) in [5.41, 5.74) is 5.56. The zero-order valence-electron chi connectivity index (χ0n) is 20.1. The van der Waals surface area contributed by atoms with Crippen molar-refractivity contribution in [3.63, 3.8) is 0 Å². The number of nitrogens with one attached hydrogen (secondary N) is 1. The predicted molar refractivity (Wildman–Crippen MR) is 143 cm³/mol. The molecule has 1 amide bonds. The summed E-state index contributed by atoms with van der Waals surface area (Å²) in [5, 5.41) is 4.62. The van der Waals surface area contributed by atoms with Crippen molar-refractivity contribution in [2.24, 2.45) is 5.10 Å². The summed E-state index contributed by atoms with van der Waals surface area (Å²) in [7, 11) is -4.23. The Morgan fingerprint density at radius 3 is 2.43 bits per heavy atom. The Hall–Kier alpha value is -3.95. The van der Waals surface area contributed by atoms with E-state index in [0.717, 1.165) is 33.0 Å². The van der Waals surface area contributed by atoms with E-state index in [1.54, 1.807) is 24.3 Å². The zero-order valence-corrected chi connectivity index (χ0v) is 21.7. The quantitative estimate of drug-likeness (QED) is 0.246. The van der Waals surface area contributed by atoms with Gasteiger partial charge in [0, 0.05) is 27.7 Å². The first-order chi connectivity index (χ1) is 17.7. The first-order valence-electron chi connectivity index (χ1n) is 11.3. The maximum atomic E-state index is 14.6. The number of aryl methyl sites for hydroxylation is 1. The number of benzene rings is 3. The van der Waals surface area contributed by atoms with Gasteiger partial charge in [-0.05, 0) is 62.4 Å². The van der Waals surface area contributed by atoms with Gasteiger partial charge in [-0.15, -0.1) is 0 Å². The average Bonchev–Trinajstić information content (AvgIpc) is 3.16. The van der Waals surface area contributed by atoms with Crippen LogP contribution < -0.4 is 9.73 Å². The largest absolute Gasteiger partial charge is 0.318 e. The molecule has 1 heterocycles. The number of carbonyl (C=O) groups is 1. The molecule has 0 aliphatic carbocycles. The number of anilines is 1. The first kappa shape index (κ1) is 26.1. The fourth-order valence-corrected chi connectivity index (χ4v) is 5.58. The number of amides is 1. The van der Waals surface area contributed by atoms with Crippen molar-refractivity contribution < 1.29 is 17.6 Å². The molecule has 7 nitrogen and oxygen atoms in total. The molecule has 4 rings (SSSR count). The highest BCUT2D eigenvalue weighted by molar-refractivity contribution is 7.92. The first-order valence-corrected chi connectivity index (χ1v) is 13.1. The lowest BCUT2D eigenvalue weighted by Crippen LogP contribution is -2.40. The molecule has 0 unspecified atom stereocenters. The normalized spacial score (nSPS) is 11.6. The molecule has 0 saturated heterocycles. The third-order valence-electron chi connectivity index (χ3n) is 5.67. The van der Waals surface area contributed by atoms with Crippen LogP contribution in [0.25, 0.3) is 5.69 Å². The smallest absolute Gasteiger partial charge is 0.264 e. The van der Waals surface area contributed by atoms with Gasteiger partial charge in [-0.25, -0.2) is 18.2 Å². The van der Waals surface area contributed by atoms with Crippen molar-refractivity contribution in [1.82, 2.24) is 9.99 Å². The summed E-state index contributed by atoms with van der Waals surface area (Å²) in [6, 6.07) is 22.2. The third kappa shape index (κ3) is 5.73. The summed E-state index contributed by atoms with van der Waals surface area (Å²) in [6.07, 6.45) is 1.47. The highest BCUT2D eigenvalue weighted by atomic mass is 35.5. The number of hydrogen-bond acceptors (Lipinski definition) is 4. The number of rotatable bonds is 8. The van der Waals surface area contributed by atoms with E-state index in [2.05, 4.69) is 10.5 Å². The number of halogens is 2. The second kappa shape index (κ2) is 11.0. The SMILES string of the molecule is Cc1cc(/C=N\NC(=O)CN(c2ccccc2F)S(=O)(=O)c2ccccc2)c(C)n1-c1cccc(Cl)c1. The van der Waals surface area contributed by atoms with Crippen molar-refractivity contribution in [3.8, 4) is 5.69 Å². The van der Waals surface area contributed by atoms with Gasteiger partial charge < -0.3 is 4.57 Å². The van der Waals surface area contributed by atoms with Gasteiger partial charge in [0.25, 0.3) is 15.9 Å². The van der Waals surface area contributed by atoms with Gasteiger partial charge >= 0.3 is 0 Å². The molecule has 0 saturated carbocycles. The molecule has 10 heteroatoms. The van der Waals surface area contributed by atoms with Crippen LogP contribution >= 0.6 is 11.6 Å². The number of nitrogens with zero attached hydrogens (tertiary/aromatic N) is 3. The van der Waals surface area contributed by atoms with Crippen LogP contribution in [0.2, 0.25) is 5.02 Å². The van der Waals surface area contributed by atoms with Crippen molar-refractivity contribution in [2.75, 3.05) is 10.8 Å². The molecule has 190 valence electrons. The van der Waals surface area contributed by atoms with Crippen LogP contribution in [0.3, 0.4) is 0 Å². The van der Waals surface area contributed by atoms with Crippen LogP contribution in [0.1, 0.15) is 17.0 Å². The molecule has 0 aliphatic rings. The minimum absolute atomic E-state index is 0.0667. The third-order valence-corrected chi connectivity index (χ3v) is 7.68. The monoisotopic (exact) mass is 538 g/mol. The molecular weight excluding hydrogens is 515 g/mol. The molecule has 3 aromatic carbocycles. The van der Waals surface area contributed by atoms with Gasteiger partial charge in [0.1, 0.15) is 12.4 Å². The Morgan fingerprint density at radius 1 is 1.03 bits per heavy atom. The summed E-state index contributed by atoms with van der Waals surface area (Å²) >= 11 is 6.13. The molecule has 0 bridgehead atoms. The number of hydrogen-bond donors (Lipinski definition) is 1. The Bertz CT molecular complexity index is 1570. The van der Waals surface area contributed by atoms with Crippen LogP contribution in [0.5, 0.6) is 0 Å². The predicted octanol–water partition coefficient (Wildman–Crippen LogP) is 5.23. The fourth-order valence-electron chi connectivity index (χ4n) is 3.94. The van der Waals surface area contributed by atoms with Gasteiger partial charge in [-0.3, -0.25) is 9.10 Å². The van der Waals surface area contributed by atoms with E-state index in [4.69, 9.17) is 11.6 Å². The molecule has 4 aromatic rings. The van der Waals surface area contributed by atoms with Crippen molar-refractivity contribution in [1.29, 1.82) is 0 Å². The van der Waals surface area contributed by atoms with Crippen LogP contribution in [0.4, 0.5) is 10.1 Å². The van der Waals surface area contributed by atoms with Crippen LogP contribution in [0.15, 0.2) is 94.9 Å². The topological polar surface area (TPSA) is 83.8 Å². The lowest BCUT2D eigenvalue weighted by Gasteiger charge is -2.24. The molecule has 0 spiro atoms. The summed E-state index contributed by atoms with van der Waals surface area (Å²) < 4.78 is 43.9. The molecule has 0 atom stereocenters. The Labute approximate surface area is 219 Å². The number of aromatic nitrogens is 1. The number of sulfonamides is 1. The number of carbonyl (C=O) groups excluding carboxylic acids is 1. The van der Waals surface area contributed by atoms with Crippen molar-refractivity contribution in [3.05, 3.63) is 113 Å². The van der Waals surface area contributed by atoms with E-state index < -0.39 is 28.3 Å². The van der Waals surface area contributed by atoms with E-state index in [-0.39, 0.29) is 10.6 Å². The van der Waals surface area contributed by atoms with E-state index >= 15 is 0 Å². The summed E-state index contributed by atoms with van der Waals surface area (Å²) in [4.78, 5) is 12.7. The highest BCUT2D eigenvalue weighted by Crippen LogP contribution is 2.26. The zero-order chi connectivity index (χ0) is 26.6. The minimum Gasteiger partial charge on any atom is -0.318 e. The van der Waals surface area contributed by atoms with Gasteiger partial charge in [0.05, 0.1) is 16.8 Å². The second-order valence-electron chi connectivity index (χ2n) is 8.21. The average molecular weight is 539 g/mol. The van der Waals surface area contributed by atoms with Gasteiger partial charge in [-0.1, -0.05) is 48.0 Å². The van der Waals surface area contributed by atoms with Gasteiger partial charge in [-0.2, -0.15) is 5.10 Å². The molecular formula is C27H24ClFN4O3S. The summed E-state index contributed by atoms with van der Waals surface area (Å²) in [5.74, 6) is -1.51. The molecule has 0 radical (unpaired) electrons. The van der Waals surface area contributed by atoms with E-state index in [1.807, 2.05) is 42.7 Å².